The van der Waals surface area contributed by atoms with Crippen LogP contribution >= 0.6 is 0 Å². The molecule has 2 saturated heterocycles. The van der Waals surface area contributed by atoms with E-state index in [1.165, 1.54) is 0 Å². The van der Waals surface area contributed by atoms with Gasteiger partial charge in [-0.1, -0.05) is 26.0 Å². The third-order valence-electron chi connectivity index (χ3n) is 6.66. The Morgan fingerprint density at radius 1 is 1.24 bits per heavy atom. The van der Waals surface area contributed by atoms with Crippen molar-refractivity contribution in [2.24, 2.45) is 23.2 Å². The number of methoxy groups -OCH3 is 1. The largest absolute Gasteiger partial charge is 0.495 e. The topological polar surface area (TPSA) is 44.8 Å². The summed E-state index contributed by atoms with van der Waals surface area (Å²) in [6.45, 7) is 9.26. The molecule has 1 aliphatic carbocycles. The molecular formula is C20H29N3O2. The second-order valence-corrected chi connectivity index (χ2v) is 8.40. The normalized spacial score (nSPS) is 29.5. The minimum absolute atomic E-state index is 0.124. The van der Waals surface area contributed by atoms with Crippen LogP contribution in [-0.2, 0) is 0 Å². The van der Waals surface area contributed by atoms with Crippen molar-refractivity contribution in [2.75, 3.05) is 44.7 Å². The van der Waals surface area contributed by atoms with E-state index in [4.69, 9.17) is 4.74 Å². The van der Waals surface area contributed by atoms with Gasteiger partial charge in [-0.3, -0.25) is 0 Å². The van der Waals surface area contributed by atoms with E-state index in [2.05, 4.69) is 30.1 Å². The number of hydrogen-bond donors (Lipinski definition) is 1. The number of ether oxygens (including phenoxy) is 1. The van der Waals surface area contributed by atoms with Crippen molar-refractivity contribution in [2.45, 2.75) is 20.3 Å². The summed E-state index contributed by atoms with van der Waals surface area (Å²) in [7, 11) is 1.72. The highest BCUT2D eigenvalue weighted by Crippen LogP contribution is 2.61. The van der Waals surface area contributed by atoms with Gasteiger partial charge in [-0.25, -0.2) is 4.79 Å². The number of benzene rings is 1. The van der Waals surface area contributed by atoms with Crippen molar-refractivity contribution in [3.05, 3.63) is 24.3 Å². The summed E-state index contributed by atoms with van der Waals surface area (Å²) in [5, 5.41) is 3.16. The van der Waals surface area contributed by atoms with Crippen molar-refractivity contribution < 1.29 is 9.53 Å². The molecule has 3 atom stereocenters. The van der Waals surface area contributed by atoms with Crippen LogP contribution < -0.4 is 15.0 Å². The van der Waals surface area contributed by atoms with Crippen molar-refractivity contribution in [3.63, 3.8) is 0 Å². The Bertz CT molecular complexity index is 646. The Balaban J connectivity index is 1.26. The molecule has 1 N–H and O–H groups in total. The zero-order valence-electron chi connectivity index (χ0n) is 15.5. The smallest absolute Gasteiger partial charge is 0.317 e. The lowest BCUT2D eigenvalue weighted by atomic mass is 10.1. The third-order valence-corrected chi connectivity index (χ3v) is 6.66. The zero-order chi connectivity index (χ0) is 17.6. The lowest BCUT2D eigenvalue weighted by molar-refractivity contribution is 0.194. The molecule has 5 heteroatoms. The molecule has 0 bridgehead atoms. The maximum atomic E-state index is 12.4. The lowest BCUT2D eigenvalue weighted by Gasteiger charge is -2.24. The number of rotatable bonds is 4. The van der Waals surface area contributed by atoms with Gasteiger partial charge in [0.2, 0.25) is 0 Å². The molecule has 2 aliphatic heterocycles. The molecule has 2 heterocycles. The Morgan fingerprint density at radius 2 is 1.96 bits per heavy atom. The first-order valence-electron chi connectivity index (χ1n) is 9.41. The molecule has 3 fully saturated rings. The molecule has 1 saturated carbocycles. The van der Waals surface area contributed by atoms with Crippen molar-refractivity contribution in [1.82, 2.24) is 10.2 Å². The van der Waals surface area contributed by atoms with E-state index in [9.17, 15) is 4.79 Å². The van der Waals surface area contributed by atoms with Gasteiger partial charge >= 0.3 is 6.03 Å². The highest BCUT2D eigenvalue weighted by atomic mass is 16.5. The number of anilines is 1. The molecule has 2 amide bonds. The second-order valence-electron chi connectivity index (χ2n) is 8.40. The second kappa shape index (κ2) is 6.11. The summed E-state index contributed by atoms with van der Waals surface area (Å²) in [6, 6.07) is 8.28. The molecule has 1 aromatic carbocycles. The van der Waals surface area contributed by atoms with Crippen molar-refractivity contribution in [3.8, 4) is 5.75 Å². The number of nitrogens with one attached hydrogen (secondary N) is 1. The maximum Gasteiger partial charge on any atom is 0.317 e. The van der Waals surface area contributed by atoms with E-state index in [0.717, 1.165) is 50.6 Å². The summed E-state index contributed by atoms with van der Waals surface area (Å²) in [5.41, 5.74) is 1.61. The third kappa shape index (κ3) is 2.94. The number of likely N-dealkylation sites (tertiary alicyclic amines) is 1. The summed E-state index contributed by atoms with van der Waals surface area (Å²) in [5.74, 6) is 2.85. The predicted molar refractivity (Wildman–Crippen MR) is 99.0 cm³/mol. The van der Waals surface area contributed by atoms with Crippen LogP contribution in [0, 0.1) is 23.2 Å². The van der Waals surface area contributed by atoms with Gasteiger partial charge < -0.3 is 19.9 Å². The molecule has 3 unspecified atom stereocenters. The molecular weight excluding hydrogens is 314 g/mol. The molecule has 5 nitrogen and oxygen atoms in total. The van der Waals surface area contributed by atoms with E-state index in [-0.39, 0.29) is 6.03 Å². The maximum absolute atomic E-state index is 12.4. The molecule has 4 rings (SSSR count). The Labute approximate surface area is 150 Å². The molecule has 3 aliphatic rings. The number of nitrogens with zero attached hydrogens (tertiary/aromatic N) is 2. The van der Waals surface area contributed by atoms with Crippen molar-refractivity contribution in [1.29, 1.82) is 0 Å². The number of fused-ring (bicyclic) bond motifs is 1. The highest BCUT2D eigenvalue weighted by Gasteiger charge is 2.62. The fraction of sp³-hybridized carbons (Fsp3) is 0.650. The summed E-state index contributed by atoms with van der Waals surface area (Å²) >= 11 is 0. The van der Waals surface area contributed by atoms with Gasteiger partial charge in [0.05, 0.1) is 12.8 Å². The Kier molecular flexibility index (Phi) is 4.05. The van der Waals surface area contributed by atoms with Gasteiger partial charge in [-0.2, -0.15) is 0 Å². The van der Waals surface area contributed by atoms with E-state index in [1.54, 1.807) is 7.11 Å². The van der Waals surface area contributed by atoms with E-state index in [0.29, 0.717) is 23.2 Å². The summed E-state index contributed by atoms with van der Waals surface area (Å²) < 4.78 is 5.47. The molecule has 25 heavy (non-hydrogen) atoms. The standard InChI is InChI=1S/C20H29N3O2/c1-20(2)15-12-23(13-16(15)20)19(24)21-10-14-8-9-22(11-14)17-6-4-5-7-18(17)25-3/h4-7,14-16H,8-13H2,1-3H3,(H,21,24). The summed E-state index contributed by atoms with van der Waals surface area (Å²) in [4.78, 5) is 16.8. The van der Waals surface area contributed by atoms with Gasteiger partial charge in [0, 0.05) is 32.7 Å². The van der Waals surface area contributed by atoms with Crippen LogP contribution in [0.1, 0.15) is 20.3 Å². The molecule has 1 aromatic rings. The Hall–Kier alpha value is -1.91. The first kappa shape index (κ1) is 16.6. The van der Waals surface area contributed by atoms with Gasteiger partial charge in [-0.15, -0.1) is 0 Å². The number of carbonyl (C=O) groups is 1. The zero-order valence-corrected chi connectivity index (χ0v) is 15.5. The number of piperidine rings is 1. The van der Waals surface area contributed by atoms with Crippen LogP contribution in [0.5, 0.6) is 5.75 Å². The van der Waals surface area contributed by atoms with Crippen LogP contribution in [0.2, 0.25) is 0 Å². The van der Waals surface area contributed by atoms with Crippen LogP contribution in [0.3, 0.4) is 0 Å². The lowest BCUT2D eigenvalue weighted by Crippen LogP contribution is -2.42. The minimum Gasteiger partial charge on any atom is -0.495 e. The predicted octanol–water partition coefficient (Wildman–Crippen LogP) is 2.82. The van der Waals surface area contributed by atoms with Gasteiger partial charge in [0.15, 0.2) is 0 Å². The fourth-order valence-electron chi connectivity index (χ4n) is 4.75. The number of urea groups is 1. The molecule has 136 valence electrons. The number of carbonyl (C=O) groups excluding carboxylic acids is 1. The first-order chi connectivity index (χ1) is 12.0. The van der Waals surface area contributed by atoms with Crippen LogP contribution in [0.25, 0.3) is 0 Å². The highest BCUT2D eigenvalue weighted by molar-refractivity contribution is 5.75. The fourth-order valence-corrected chi connectivity index (χ4v) is 4.75. The van der Waals surface area contributed by atoms with Gasteiger partial charge in [0.1, 0.15) is 5.75 Å². The molecule has 0 aromatic heterocycles. The molecule has 0 spiro atoms. The SMILES string of the molecule is COc1ccccc1N1CCC(CNC(=O)N2CC3C(C2)C3(C)C)C1. The van der Waals surface area contributed by atoms with Crippen molar-refractivity contribution >= 4 is 11.7 Å². The van der Waals surface area contributed by atoms with E-state index < -0.39 is 0 Å². The van der Waals surface area contributed by atoms with Crippen LogP contribution in [0.15, 0.2) is 24.3 Å². The average molecular weight is 343 g/mol. The minimum atomic E-state index is 0.124. The average Bonchev–Trinajstić information content (AvgIpc) is 3.09. The Morgan fingerprint density at radius 3 is 2.68 bits per heavy atom. The van der Waals surface area contributed by atoms with Gasteiger partial charge in [-0.05, 0) is 41.7 Å². The molecule has 0 radical (unpaired) electrons. The number of para-hydroxylation sites is 2. The monoisotopic (exact) mass is 343 g/mol. The van der Waals surface area contributed by atoms with Gasteiger partial charge in [0.25, 0.3) is 0 Å². The number of amides is 2. The quantitative estimate of drug-likeness (QED) is 0.914. The van der Waals surface area contributed by atoms with E-state index in [1.807, 2.05) is 23.1 Å². The van der Waals surface area contributed by atoms with E-state index >= 15 is 0 Å². The summed E-state index contributed by atoms with van der Waals surface area (Å²) in [6.07, 6.45) is 1.11. The number of hydrogen-bond acceptors (Lipinski definition) is 3. The first-order valence-corrected chi connectivity index (χ1v) is 9.41. The van der Waals surface area contributed by atoms with Crippen LogP contribution in [-0.4, -0.2) is 50.8 Å². The van der Waals surface area contributed by atoms with Crippen LogP contribution in [0.4, 0.5) is 10.5 Å².